The van der Waals surface area contributed by atoms with Crippen LogP contribution in [0.15, 0.2) is 89.2 Å². The smallest absolute Gasteiger partial charge is 0.243 e. The number of phenols is 1. The summed E-state index contributed by atoms with van der Waals surface area (Å²) >= 11 is 1.59. The van der Waals surface area contributed by atoms with Gasteiger partial charge in [-0.2, -0.15) is 0 Å². The third-order valence-corrected chi connectivity index (χ3v) is 14.2. The number of aromatic hydroxyl groups is 1. The van der Waals surface area contributed by atoms with Crippen molar-refractivity contribution in [1.29, 1.82) is 0 Å². The standard InChI is InChI=1S/C49H52N10O5S/c1-27(2)45(48(63)58-25-35(60)19-42(58)47(62)53-28(3)30-9-11-32(12-10-30)46-29(4)52-26-65-46)44-22-37(56-64-44)33-23-50-49(51-24-33)57-17-15-31(16-18-57)40-21-39-41(59(40)34-13-14-34)20-38(54-55-39)36-7-5-6-8-43(36)61/h5-12,20-24,26-28,31,34-35,42,45,60-61H,13-19,25H2,1-4H3,(H,53,62)/t28-,35+,42-,45-/m0/s1. The number of thiazole rings is 1. The number of benzene rings is 2. The number of nitrogens with one attached hydrogen (secondary N) is 1. The van der Waals surface area contributed by atoms with Gasteiger partial charge in [-0.25, -0.2) is 15.0 Å². The molecule has 16 heteroatoms. The number of hydrogen-bond donors (Lipinski definition) is 3. The second kappa shape index (κ2) is 17.5. The van der Waals surface area contributed by atoms with Crippen LogP contribution in [-0.2, 0) is 9.59 Å². The molecule has 7 aromatic rings. The Morgan fingerprint density at radius 1 is 0.892 bits per heavy atom. The molecular formula is C49H52N10O5S. The number of aromatic nitrogens is 7. The summed E-state index contributed by atoms with van der Waals surface area (Å²) in [6, 6.07) is 20.6. The summed E-state index contributed by atoms with van der Waals surface area (Å²) in [7, 11) is 0. The largest absolute Gasteiger partial charge is 0.507 e. The quantitative estimate of drug-likeness (QED) is 0.108. The van der Waals surface area contributed by atoms with E-state index < -0.39 is 18.1 Å². The predicted molar refractivity (Wildman–Crippen MR) is 247 cm³/mol. The molecule has 0 bridgehead atoms. The molecule has 1 saturated carbocycles. The van der Waals surface area contributed by atoms with Crippen molar-refractivity contribution in [3.63, 3.8) is 0 Å². The fraction of sp³-hybridized carbons (Fsp3) is 0.388. The maximum Gasteiger partial charge on any atom is 0.243 e. The first-order valence-electron chi connectivity index (χ1n) is 22.5. The van der Waals surface area contributed by atoms with E-state index in [-0.39, 0.29) is 42.5 Å². The Bertz CT molecular complexity index is 2840. The van der Waals surface area contributed by atoms with E-state index in [2.05, 4.69) is 47.3 Å². The summed E-state index contributed by atoms with van der Waals surface area (Å²) in [4.78, 5) is 46.8. The Balaban J connectivity index is 0.786. The van der Waals surface area contributed by atoms with E-state index in [4.69, 9.17) is 14.5 Å². The summed E-state index contributed by atoms with van der Waals surface area (Å²) in [6.07, 6.45) is 6.93. The van der Waals surface area contributed by atoms with Gasteiger partial charge in [-0.05, 0) is 80.8 Å². The third kappa shape index (κ3) is 8.36. The minimum atomic E-state index is -0.837. The second-order valence-corrected chi connectivity index (χ2v) is 18.9. The van der Waals surface area contributed by atoms with Gasteiger partial charge in [0.2, 0.25) is 17.8 Å². The Morgan fingerprint density at radius 2 is 1.65 bits per heavy atom. The van der Waals surface area contributed by atoms with E-state index in [0.717, 1.165) is 71.5 Å². The van der Waals surface area contributed by atoms with Gasteiger partial charge in [-0.3, -0.25) is 9.59 Å². The van der Waals surface area contributed by atoms with Gasteiger partial charge in [-0.15, -0.1) is 21.5 Å². The van der Waals surface area contributed by atoms with Crippen molar-refractivity contribution in [2.75, 3.05) is 24.5 Å². The molecule has 7 heterocycles. The zero-order chi connectivity index (χ0) is 44.9. The lowest BCUT2D eigenvalue weighted by Crippen LogP contribution is -2.48. The molecule has 10 rings (SSSR count). The lowest BCUT2D eigenvalue weighted by Gasteiger charge is -2.32. The fourth-order valence-corrected chi connectivity index (χ4v) is 10.4. The Morgan fingerprint density at radius 3 is 2.34 bits per heavy atom. The molecule has 1 aliphatic carbocycles. The summed E-state index contributed by atoms with van der Waals surface area (Å²) < 4.78 is 8.31. The third-order valence-electron chi connectivity index (χ3n) is 13.3. The first-order chi connectivity index (χ1) is 31.5. The molecule has 2 aliphatic heterocycles. The van der Waals surface area contributed by atoms with Crippen molar-refractivity contribution in [3.8, 4) is 38.7 Å². The molecule has 5 aromatic heterocycles. The number of aliphatic hydroxyl groups is 1. The zero-order valence-electron chi connectivity index (χ0n) is 36.8. The highest BCUT2D eigenvalue weighted by Crippen LogP contribution is 2.44. The molecule has 3 N–H and O–H groups in total. The minimum Gasteiger partial charge on any atom is -0.507 e. The number of likely N-dealkylation sites (tertiary alicyclic amines) is 1. The van der Waals surface area contributed by atoms with Crippen molar-refractivity contribution in [2.45, 2.75) is 95.9 Å². The fourth-order valence-electron chi connectivity index (χ4n) is 9.59. The van der Waals surface area contributed by atoms with E-state index in [1.165, 1.54) is 10.6 Å². The van der Waals surface area contributed by atoms with Gasteiger partial charge in [0.25, 0.3) is 0 Å². The van der Waals surface area contributed by atoms with Crippen LogP contribution in [0.2, 0.25) is 0 Å². The van der Waals surface area contributed by atoms with Crippen molar-refractivity contribution in [1.82, 2.24) is 45.1 Å². The molecular weight excluding hydrogens is 841 g/mol. The summed E-state index contributed by atoms with van der Waals surface area (Å²) in [5.41, 5.74) is 10.5. The lowest BCUT2D eigenvalue weighted by molar-refractivity contribution is -0.141. The highest BCUT2D eigenvalue weighted by Gasteiger charge is 2.43. The van der Waals surface area contributed by atoms with Crippen LogP contribution in [0.25, 0.3) is 44.0 Å². The Labute approximate surface area is 380 Å². The molecule has 0 radical (unpaired) electrons. The number of aliphatic hydroxyl groups excluding tert-OH is 1. The number of phenolic OH excluding ortho intramolecular Hbond substituents is 1. The van der Waals surface area contributed by atoms with Crippen LogP contribution in [0.1, 0.15) is 99.5 Å². The monoisotopic (exact) mass is 892 g/mol. The van der Waals surface area contributed by atoms with Crippen molar-refractivity contribution < 1.29 is 24.3 Å². The van der Waals surface area contributed by atoms with E-state index in [0.29, 0.717) is 46.2 Å². The number of aryl methyl sites for hydroxylation is 1. The normalized spacial score (nSPS) is 19.0. The van der Waals surface area contributed by atoms with Crippen LogP contribution in [-0.4, -0.2) is 93.6 Å². The first-order valence-corrected chi connectivity index (χ1v) is 23.4. The molecule has 65 heavy (non-hydrogen) atoms. The predicted octanol–water partition coefficient (Wildman–Crippen LogP) is 7.98. The Hall–Kier alpha value is -6.52. The minimum absolute atomic E-state index is 0.0470. The van der Waals surface area contributed by atoms with Crippen LogP contribution in [0.4, 0.5) is 5.95 Å². The number of amides is 2. The zero-order valence-corrected chi connectivity index (χ0v) is 37.7. The molecule has 3 fully saturated rings. The first kappa shape index (κ1) is 42.4. The summed E-state index contributed by atoms with van der Waals surface area (Å²) in [6.45, 7) is 9.39. The average molecular weight is 893 g/mol. The van der Waals surface area contributed by atoms with Crippen LogP contribution < -0.4 is 10.2 Å². The van der Waals surface area contributed by atoms with Gasteiger partial charge >= 0.3 is 0 Å². The molecule has 0 spiro atoms. The number of carbonyl (C=O) groups excluding carboxylic acids is 2. The molecule has 0 unspecified atom stereocenters. The van der Waals surface area contributed by atoms with E-state index in [9.17, 15) is 19.8 Å². The number of para-hydroxylation sites is 1. The van der Waals surface area contributed by atoms with Crippen molar-refractivity contribution in [2.24, 2.45) is 5.92 Å². The number of rotatable bonds is 12. The molecule has 2 aromatic carbocycles. The van der Waals surface area contributed by atoms with Crippen LogP contribution in [0.5, 0.6) is 5.75 Å². The van der Waals surface area contributed by atoms with E-state index in [1.807, 2.05) is 69.6 Å². The van der Waals surface area contributed by atoms with Crippen molar-refractivity contribution in [3.05, 3.63) is 107 Å². The highest BCUT2D eigenvalue weighted by molar-refractivity contribution is 7.13. The molecule has 2 amide bonds. The van der Waals surface area contributed by atoms with Gasteiger partial charge in [0, 0.05) is 73.3 Å². The van der Waals surface area contributed by atoms with E-state index >= 15 is 0 Å². The number of anilines is 1. The number of hydrogen-bond acceptors (Lipinski definition) is 13. The summed E-state index contributed by atoms with van der Waals surface area (Å²) in [5.74, 6) is 0.0160. The molecule has 4 atom stereocenters. The maximum atomic E-state index is 14.3. The summed E-state index contributed by atoms with van der Waals surface area (Å²) in [5, 5.41) is 37.7. The molecule has 334 valence electrons. The number of piperidine rings is 1. The number of β-amino-alcohol motifs (C(OH)–C–C–N with tert-alkyl or cyclic N) is 1. The lowest BCUT2D eigenvalue weighted by atomic mass is 9.91. The van der Waals surface area contributed by atoms with Crippen LogP contribution in [0.3, 0.4) is 0 Å². The molecule has 3 aliphatic rings. The van der Waals surface area contributed by atoms with Gasteiger partial charge in [0.1, 0.15) is 34.7 Å². The van der Waals surface area contributed by atoms with Gasteiger partial charge in [-0.1, -0.05) is 55.4 Å². The highest BCUT2D eigenvalue weighted by atomic mass is 32.1. The topological polar surface area (TPSA) is 189 Å². The molecule has 2 saturated heterocycles. The Kier molecular flexibility index (Phi) is 11.4. The molecule has 15 nitrogen and oxygen atoms in total. The second-order valence-electron chi connectivity index (χ2n) is 18.1. The van der Waals surface area contributed by atoms with E-state index in [1.54, 1.807) is 41.9 Å². The SMILES string of the molecule is Cc1ncsc1-c1ccc([C@H](C)NC(=O)[C@@H]2C[C@@H](O)CN2C(=O)[C@H](c2cc(-c3cnc(N4CCC(c5cc6nnc(-c7ccccc7O)cc6n5C5CC5)CC4)nc3)no2)C(C)C)cc1. The van der Waals surface area contributed by atoms with Crippen LogP contribution >= 0.6 is 11.3 Å². The van der Waals surface area contributed by atoms with Crippen LogP contribution in [0, 0.1) is 12.8 Å². The number of nitrogens with zero attached hydrogens (tertiary/aromatic N) is 9. The van der Waals surface area contributed by atoms with Gasteiger partial charge in [0.15, 0.2) is 0 Å². The maximum absolute atomic E-state index is 14.3. The van der Waals surface area contributed by atoms with Crippen molar-refractivity contribution >= 4 is 40.1 Å². The average Bonchev–Trinajstić information content (AvgIpc) is 3.60. The van der Waals surface area contributed by atoms with Gasteiger partial charge < -0.3 is 34.4 Å². The number of fused-ring (bicyclic) bond motifs is 1. The number of carbonyl (C=O) groups is 2. The van der Waals surface area contributed by atoms with Gasteiger partial charge in [0.05, 0.1) is 39.4 Å².